The Morgan fingerprint density at radius 3 is 2.92 bits per heavy atom. The third-order valence-corrected chi connectivity index (χ3v) is 1.45. The Labute approximate surface area is 85.4 Å². The molecule has 0 spiro atoms. The molecule has 0 unspecified atom stereocenters. The molecule has 64 valence electrons. The molecule has 0 amide bonds. The number of allylic oxidation sites excluding steroid dienone is 2. The predicted molar refractivity (Wildman–Crippen MR) is 45.4 cm³/mol. The Morgan fingerprint density at radius 1 is 1.42 bits per heavy atom. The first-order valence-electron chi connectivity index (χ1n) is 3.45. The number of aliphatic imine (C=N–C) groups is 1. The van der Waals surface area contributed by atoms with E-state index in [0.717, 1.165) is 11.4 Å². The van der Waals surface area contributed by atoms with E-state index in [1.165, 1.54) is 0 Å². The third-order valence-electron chi connectivity index (χ3n) is 1.45. The van der Waals surface area contributed by atoms with Gasteiger partial charge in [-0.15, -0.1) is 5.69 Å². The molecule has 0 radical (unpaired) electrons. The van der Waals surface area contributed by atoms with Gasteiger partial charge in [0.25, 0.3) is 0 Å². The van der Waals surface area contributed by atoms with E-state index in [9.17, 15) is 0 Å². The zero-order valence-corrected chi connectivity index (χ0v) is 8.52. The summed E-state index contributed by atoms with van der Waals surface area (Å²) < 4.78 is 0. The molecule has 12 heavy (non-hydrogen) atoms. The molecule has 1 aliphatic rings. The summed E-state index contributed by atoms with van der Waals surface area (Å²) in [5, 5.41) is 0. The van der Waals surface area contributed by atoms with Gasteiger partial charge < -0.3 is 4.98 Å². The van der Waals surface area contributed by atoms with Crippen LogP contribution >= 0.6 is 0 Å². The quantitative estimate of drug-likeness (QED) is 0.764. The summed E-state index contributed by atoms with van der Waals surface area (Å²) in [6, 6.07) is 3.86. The van der Waals surface area contributed by atoms with Crippen LogP contribution in [0, 0.1) is 0 Å². The van der Waals surface area contributed by atoms with E-state index in [-0.39, 0.29) is 21.1 Å². The zero-order chi connectivity index (χ0) is 7.52. The molecule has 0 N–H and O–H groups in total. The average molecular weight is 338 g/mol. The Hall–Kier alpha value is -0.882. The van der Waals surface area contributed by atoms with E-state index >= 15 is 0 Å². The van der Waals surface area contributed by atoms with Crippen LogP contribution in [0.4, 0.5) is 0 Å². The minimum Gasteiger partial charge on any atom is -0.664 e. The van der Waals surface area contributed by atoms with Gasteiger partial charge in [0.05, 0.1) is 5.70 Å². The van der Waals surface area contributed by atoms with Gasteiger partial charge in [0.15, 0.2) is 0 Å². The van der Waals surface area contributed by atoms with Gasteiger partial charge in [0, 0.05) is 27.3 Å². The molecule has 2 rings (SSSR count). The van der Waals surface area contributed by atoms with Gasteiger partial charge in [-0.3, -0.25) is 4.99 Å². The van der Waals surface area contributed by atoms with E-state index in [0.29, 0.717) is 0 Å². The van der Waals surface area contributed by atoms with Crippen molar-refractivity contribution in [1.29, 1.82) is 0 Å². The van der Waals surface area contributed by atoms with Crippen molar-refractivity contribution in [2.24, 2.45) is 4.99 Å². The molecule has 0 bridgehead atoms. The van der Waals surface area contributed by atoms with Crippen molar-refractivity contribution in [1.82, 2.24) is 4.98 Å². The topological polar surface area (TPSA) is 26.5 Å². The van der Waals surface area contributed by atoms with E-state index in [2.05, 4.69) is 9.98 Å². The Kier molecular flexibility index (Phi) is 3.24. The van der Waals surface area contributed by atoms with Crippen LogP contribution in [0.25, 0.3) is 6.08 Å². The summed E-state index contributed by atoms with van der Waals surface area (Å²) in [6.07, 6.45) is 9.35. The van der Waals surface area contributed by atoms with E-state index in [1.807, 2.05) is 30.4 Å². The molecule has 0 saturated heterocycles. The van der Waals surface area contributed by atoms with Crippen LogP contribution in [0.1, 0.15) is 5.69 Å². The van der Waals surface area contributed by atoms with Crippen molar-refractivity contribution < 1.29 is 21.1 Å². The van der Waals surface area contributed by atoms with Gasteiger partial charge in [-0.2, -0.15) is 6.20 Å². The third kappa shape index (κ3) is 2.05. The van der Waals surface area contributed by atoms with Crippen molar-refractivity contribution in [3.63, 3.8) is 0 Å². The van der Waals surface area contributed by atoms with Crippen LogP contribution in [0.2, 0.25) is 0 Å². The first-order valence-corrected chi connectivity index (χ1v) is 3.45. The standard InChI is InChI=1S/C9H7N2.Pt/c1-3-8(10-5-1)7-9-4-2-6-11-9;/h1-7H;/q-1;/b8-7-;. The average Bonchev–Trinajstić information content (AvgIpc) is 2.60. The van der Waals surface area contributed by atoms with Crippen LogP contribution < -0.4 is 4.98 Å². The summed E-state index contributed by atoms with van der Waals surface area (Å²) in [6.45, 7) is 0. The maximum atomic E-state index is 4.10. The van der Waals surface area contributed by atoms with Gasteiger partial charge in [-0.1, -0.05) is 18.2 Å². The zero-order valence-electron chi connectivity index (χ0n) is 6.25. The normalized spacial score (nSPS) is 16.8. The molecular formula is C9H7N2Pt-. The number of hydrogen-bond donors (Lipinski definition) is 0. The molecular weight excluding hydrogens is 331 g/mol. The first kappa shape index (κ1) is 9.21. The van der Waals surface area contributed by atoms with Gasteiger partial charge in [-0.05, 0) is 12.2 Å². The van der Waals surface area contributed by atoms with Crippen molar-refractivity contribution in [3.8, 4) is 0 Å². The molecule has 0 aromatic carbocycles. The fourth-order valence-electron chi connectivity index (χ4n) is 0.950. The summed E-state index contributed by atoms with van der Waals surface area (Å²) in [5.41, 5.74) is 1.92. The largest absolute Gasteiger partial charge is 0.664 e. The number of hydrogen-bond acceptors (Lipinski definition) is 1. The summed E-state index contributed by atoms with van der Waals surface area (Å²) >= 11 is 0. The SMILES string of the molecule is C1=C/C(=C/c2ccc[n-]2)N=C1.[Pt]. The monoisotopic (exact) mass is 338 g/mol. The van der Waals surface area contributed by atoms with Gasteiger partial charge in [0.1, 0.15) is 0 Å². The molecule has 0 fully saturated rings. The van der Waals surface area contributed by atoms with Gasteiger partial charge in [-0.25, -0.2) is 0 Å². The Balaban J connectivity index is 0.000000720. The minimum atomic E-state index is 0. The molecule has 1 aromatic rings. The van der Waals surface area contributed by atoms with Crippen LogP contribution in [0.3, 0.4) is 0 Å². The van der Waals surface area contributed by atoms with Crippen molar-refractivity contribution in [2.45, 2.75) is 0 Å². The molecule has 1 aliphatic heterocycles. The maximum Gasteiger partial charge on any atom is 0.0618 e. The van der Waals surface area contributed by atoms with Crippen LogP contribution in [-0.4, -0.2) is 6.21 Å². The predicted octanol–water partition coefficient (Wildman–Crippen LogP) is 1.62. The summed E-state index contributed by atoms with van der Waals surface area (Å²) in [4.78, 5) is 8.19. The van der Waals surface area contributed by atoms with Crippen LogP contribution in [0.15, 0.2) is 41.2 Å². The maximum absolute atomic E-state index is 4.10. The van der Waals surface area contributed by atoms with E-state index < -0.39 is 0 Å². The first-order chi connectivity index (χ1) is 5.45. The second-order valence-corrected chi connectivity index (χ2v) is 2.27. The van der Waals surface area contributed by atoms with Crippen molar-refractivity contribution in [2.75, 3.05) is 0 Å². The molecule has 2 heterocycles. The minimum absolute atomic E-state index is 0. The molecule has 0 saturated carbocycles. The fraction of sp³-hybridized carbons (Fsp3) is 0. The fourth-order valence-corrected chi connectivity index (χ4v) is 0.950. The van der Waals surface area contributed by atoms with Crippen molar-refractivity contribution in [3.05, 3.63) is 41.9 Å². The van der Waals surface area contributed by atoms with Crippen LogP contribution in [0.5, 0.6) is 0 Å². The summed E-state index contributed by atoms with van der Waals surface area (Å²) in [7, 11) is 0. The molecule has 2 nitrogen and oxygen atoms in total. The van der Waals surface area contributed by atoms with Crippen LogP contribution in [-0.2, 0) is 21.1 Å². The smallest absolute Gasteiger partial charge is 0.0618 e. The molecule has 0 aliphatic carbocycles. The Bertz CT molecular complexity index is 306. The number of rotatable bonds is 1. The molecule has 3 heteroatoms. The van der Waals surface area contributed by atoms with E-state index in [4.69, 9.17) is 0 Å². The number of aromatic nitrogens is 1. The summed E-state index contributed by atoms with van der Waals surface area (Å²) in [5.74, 6) is 0. The number of nitrogens with zero attached hydrogens (tertiary/aromatic N) is 2. The van der Waals surface area contributed by atoms with Gasteiger partial charge in [0.2, 0.25) is 0 Å². The van der Waals surface area contributed by atoms with E-state index in [1.54, 1.807) is 12.4 Å². The Morgan fingerprint density at radius 2 is 2.33 bits per heavy atom. The molecule has 0 atom stereocenters. The second-order valence-electron chi connectivity index (χ2n) is 2.27. The second kappa shape index (κ2) is 4.22. The van der Waals surface area contributed by atoms with Crippen molar-refractivity contribution >= 4 is 12.3 Å². The van der Waals surface area contributed by atoms with Gasteiger partial charge >= 0.3 is 0 Å². The molecule has 1 aromatic heterocycles.